The SMILES string of the molecule is CC(Br)C(=O)c1cccc(Cl)c1SC(F)(F)F. The lowest BCUT2D eigenvalue weighted by Crippen LogP contribution is -2.12. The van der Waals surface area contributed by atoms with Crippen LogP contribution < -0.4 is 0 Å². The Balaban J connectivity index is 3.22. The highest BCUT2D eigenvalue weighted by Gasteiger charge is 2.33. The number of hydrogen-bond acceptors (Lipinski definition) is 2. The minimum atomic E-state index is -4.48. The summed E-state index contributed by atoms with van der Waals surface area (Å²) in [5, 5.41) is -0.0775. The van der Waals surface area contributed by atoms with Crippen molar-refractivity contribution in [2.24, 2.45) is 0 Å². The summed E-state index contributed by atoms with van der Waals surface area (Å²) >= 11 is 8.35. The second kappa shape index (κ2) is 5.63. The van der Waals surface area contributed by atoms with Gasteiger partial charge in [0.25, 0.3) is 0 Å². The Morgan fingerprint density at radius 1 is 1.47 bits per heavy atom. The van der Waals surface area contributed by atoms with E-state index in [-0.39, 0.29) is 27.2 Å². The van der Waals surface area contributed by atoms with Crippen LogP contribution in [0.3, 0.4) is 0 Å². The van der Waals surface area contributed by atoms with E-state index in [0.717, 1.165) is 0 Å². The Morgan fingerprint density at radius 3 is 2.53 bits per heavy atom. The van der Waals surface area contributed by atoms with Crippen LogP contribution in [0, 0.1) is 0 Å². The van der Waals surface area contributed by atoms with Crippen molar-refractivity contribution in [1.29, 1.82) is 0 Å². The van der Waals surface area contributed by atoms with E-state index < -0.39 is 16.1 Å². The van der Waals surface area contributed by atoms with Gasteiger partial charge in [-0.05, 0) is 24.8 Å². The third-order valence-corrected chi connectivity index (χ3v) is 3.53. The van der Waals surface area contributed by atoms with Crippen molar-refractivity contribution in [1.82, 2.24) is 0 Å². The minimum absolute atomic E-state index is 0.0239. The highest BCUT2D eigenvalue weighted by atomic mass is 79.9. The Morgan fingerprint density at radius 2 is 2.06 bits per heavy atom. The normalized spacial score (nSPS) is 13.5. The zero-order valence-electron chi connectivity index (χ0n) is 8.52. The number of rotatable bonds is 3. The number of benzene rings is 1. The number of thioether (sulfide) groups is 1. The molecular formula is C10H7BrClF3OS. The van der Waals surface area contributed by atoms with E-state index >= 15 is 0 Å². The molecule has 0 heterocycles. The van der Waals surface area contributed by atoms with Crippen LogP contribution in [0.4, 0.5) is 13.2 Å². The van der Waals surface area contributed by atoms with Crippen LogP contribution in [-0.2, 0) is 0 Å². The van der Waals surface area contributed by atoms with Crippen LogP contribution in [0.2, 0.25) is 5.02 Å². The van der Waals surface area contributed by atoms with Gasteiger partial charge < -0.3 is 0 Å². The first kappa shape index (κ1) is 14.9. The molecule has 0 radical (unpaired) electrons. The first-order chi connectivity index (χ1) is 7.72. The molecule has 0 saturated carbocycles. The van der Waals surface area contributed by atoms with E-state index in [1.165, 1.54) is 18.2 Å². The Kier molecular flexibility index (Phi) is 4.92. The lowest BCUT2D eigenvalue weighted by Gasteiger charge is -2.12. The van der Waals surface area contributed by atoms with E-state index in [1.54, 1.807) is 6.92 Å². The summed E-state index contributed by atoms with van der Waals surface area (Å²) in [7, 11) is 0. The molecule has 1 aromatic rings. The number of alkyl halides is 4. The number of carbonyl (C=O) groups excluding carboxylic acids is 1. The molecule has 1 rings (SSSR count). The average molecular weight is 348 g/mol. The Labute approximate surface area is 114 Å². The summed E-state index contributed by atoms with van der Waals surface area (Å²) in [5.41, 5.74) is -4.50. The number of halogens is 5. The number of ketones is 1. The maximum Gasteiger partial charge on any atom is 0.446 e. The van der Waals surface area contributed by atoms with Crippen LogP contribution in [-0.4, -0.2) is 16.1 Å². The van der Waals surface area contributed by atoms with Crippen molar-refractivity contribution in [2.75, 3.05) is 0 Å². The van der Waals surface area contributed by atoms with Crippen molar-refractivity contribution < 1.29 is 18.0 Å². The standard InChI is InChI=1S/C10H7BrClF3OS/c1-5(11)8(16)6-3-2-4-7(12)9(6)17-10(13,14)15/h2-5H,1H3. The molecule has 1 atom stereocenters. The molecule has 0 aromatic heterocycles. The molecule has 1 aromatic carbocycles. The number of carbonyl (C=O) groups is 1. The summed E-state index contributed by atoms with van der Waals surface area (Å²) in [6.45, 7) is 1.55. The molecule has 0 spiro atoms. The van der Waals surface area contributed by atoms with Gasteiger partial charge in [0.1, 0.15) is 0 Å². The fourth-order valence-electron chi connectivity index (χ4n) is 1.14. The van der Waals surface area contributed by atoms with Gasteiger partial charge in [0, 0.05) is 10.5 Å². The fraction of sp³-hybridized carbons (Fsp3) is 0.300. The van der Waals surface area contributed by atoms with Crippen molar-refractivity contribution in [3.05, 3.63) is 28.8 Å². The lowest BCUT2D eigenvalue weighted by atomic mass is 10.1. The molecule has 0 aliphatic rings. The van der Waals surface area contributed by atoms with Gasteiger partial charge in [-0.3, -0.25) is 4.79 Å². The van der Waals surface area contributed by atoms with Gasteiger partial charge in [-0.25, -0.2) is 0 Å². The van der Waals surface area contributed by atoms with Crippen LogP contribution in [0.25, 0.3) is 0 Å². The quantitative estimate of drug-likeness (QED) is 0.439. The maximum atomic E-state index is 12.3. The van der Waals surface area contributed by atoms with Gasteiger partial charge in [0.05, 0.1) is 9.85 Å². The predicted molar refractivity (Wildman–Crippen MR) is 66.1 cm³/mol. The second-order valence-corrected chi connectivity index (χ2v) is 6.00. The van der Waals surface area contributed by atoms with Crippen molar-refractivity contribution in [3.8, 4) is 0 Å². The molecule has 7 heteroatoms. The van der Waals surface area contributed by atoms with Crippen molar-refractivity contribution in [2.45, 2.75) is 22.2 Å². The minimum Gasteiger partial charge on any atom is -0.293 e. The second-order valence-electron chi connectivity index (χ2n) is 3.14. The van der Waals surface area contributed by atoms with E-state index in [0.29, 0.717) is 0 Å². The topological polar surface area (TPSA) is 17.1 Å². The van der Waals surface area contributed by atoms with Crippen molar-refractivity contribution in [3.63, 3.8) is 0 Å². The van der Waals surface area contributed by atoms with Gasteiger partial charge in [0.15, 0.2) is 5.78 Å². The van der Waals surface area contributed by atoms with E-state index in [1.807, 2.05) is 0 Å². The summed E-state index contributed by atoms with van der Waals surface area (Å²) in [4.78, 5) is 10.9. The summed E-state index contributed by atoms with van der Waals surface area (Å²) in [5.74, 6) is -0.431. The van der Waals surface area contributed by atoms with Crippen LogP contribution >= 0.6 is 39.3 Å². The maximum absolute atomic E-state index is 12.3. The molecule has 0 aliphatic carbocycles. The first-order valence-electron chi connectivity index (χ1n) is 4.45. The average Bonchev–Trinajstić information content (AvgIpc) is 2.18. The molecule has 17 heavy (non-hydrogen) atoms. The number of hydrogen-bond donors (Lipinski definition) is 0. The highest BCUT2D eigenvalue weighted by molar-refractivity contribution is 9.10. The molecule has 0 N–H and O–H groups in total. The summed E-state index contributed by atoms with van der Waals surface area (Å²) < 4.78 is 37.0. The van der Waals surface area contributed by atoms with Crippen LogP contribution in [0.15, 0.2) is 23.1 Å². The molecule has 0 saturated heterocycles. The van der Waals surface area contributed by atoms with Gasteiger partial charge in [0.2, 0.25) is 0 Å². The Hall–Kier alpha value is -0.200. The van der Waals surface area contributed by atoms with E-state index in [2.05, 4.69) is 15.9 Å². The fourth-order valence-corrected chi connectivity index (χ4v) is 2.35. The zero-order valence-corrected chi connectivity index (χ0v) is 11.7. The smallest absolute Gasteiger partial charge is 0.293 e. The summed E-state index contributed by atoms with van der Waals surface area (Å²) in [6, 6.07) is 4.11. The van der Waals surface area contributed by atoms with E-state index in [4.69, 9.17) is 11.6 Å². The van der Waals surface area contributed by atoms with Crippen molar-refractivity contribution >= 4 is 45.1 Å². The predicted octanol–water partition coefficient (Wildman–Crippen LogP) is 4.92. The monoisotopic (exact) mass is 346 g/mol. The van der Waals surface area contributed by atoms with Crippen LogP contribution in [0.1, 0.15) is 17.3 Å². The molecule has 94 valence electrons. The molecule has 0 bridgehead atoms. The molecule has 0 aliphatic heterocycles. The molecule has 0 fully saturated rings. The largest absolute Gasteiger partial charge is 0.446 e. The van der Waals surface area contributed by atoms with Gasteiger partial charge in [-0.2, -0.15) is 13.2 Å². The molecule has 0 amide bonds. The van der Waals surface area contributed by atoms with E-state index in [9.17, 15) is 18.0 Å². The lowest BCUT2D eigenvalue weighted by molar-refractivity contribution is -0.0328. The Bertz CT molecular complexity index is 434. The van der Waals surface area contributed by atoms with Crippen LogP contribution in [0.5, 0.6) is 0 Å². The zero-order chi connectivity index (χ0) is 13.2. The van der Waals surface area contributed by atoms with Gasteiger partial charge in [-0.15, -0.1) is 0 Å². The van der Waals surface area contributed by atoms with Gasteiger partial charge in [-0.1, -0.05) is 39.7 Å². The third-order valence-electron chi connectivity index (χ3n) is 1.81. The first-order valence-corrected chi connectivity index (χ1v) is 6.56. The molecular weight excluding hydrogens is 341 g/mol. The number of Topliss-reactive ketones (excluding diaryl/α,β-unsaturated/α-hetero) is 1. The third kappa shape index (κ3) is 4.19. The molecule has 1 unspecified atom stereocenters. The van der Waals surface area contributed by atoms with Gasteiger partial charge >= 0.3 is 5.51 Å². The summed E-state index contributed by atoms with van der Waals surface area (Å²) in [6.07, 6.45) is 0. The molecule has 1 nitrogen and oxygen atoms in total. The highest BCUT2D eigenvalue weighted by Crippen LogP contribution is 2.42.